The number of halogens is 1. The summed E-state index contributed by atoms with van der Waals surface area (Å²) in [6.45, 7) is 5.15. The summed E-state index contributed by atoms with van der Waals surface area (Å²) in [5.74, 6) is 0.577. The highest BCUT2D eigenvalue weighted by Crippen LogP contribution is 2.29. The van der Waals surface area contributed by atoms with Crippen molar-refractivity contribution in [3.05, 3.63) is 24.3 Å². The molecule has 0 radical (unpaired) electrons. The minimum atomic E-state index is -3.25. The average Bonchev–Trinajstić information content (AvgIpc) is 2.46. The van der Waals surface area contributed by atoms with Gasteiger partial charge in [-0.15, -0.1) is 11.6 Å². The van der Waals surface area contributed by atoms with Gasteiger partial charge >= 0.3 is 0 Å². The largest absolute Gasteiger partial charge is 0.370 e. The van der Waals surface area contributed by atoms with E-state index in [0.29, 0.717) is 30.3 Å². The summed E-state index contributed by atoms with van der Waals surface area (Å²) in [6, 6.07) is 7.20. The molecule has 2 rings (SSSR count). The Kier molecular flexibility index (Phi) is 5.52. The maximum Gasteiger partial charge on any atom is 0.180 e. The maximum atomic E-state index is 12.4. The van der Waals surface area contributed by atoms with E-state index in [1.165, 1.54) is 0 Å². The lowest BCUT2D eigenvalue weighted by Crippen LogP contribution is -2.47. The van der Waals surface area contributed by atoms with Crippen LogP contribution >= 0.6 is 11.6 Å². The molecular formula is C15H22ClNO3S. The van der Waals surface area contributed by atoms with Gasteiger partial charge in [0.15, 0.2) is 9.84 Å². The minimum Gasteiger partial charge on any atom is -0.370 e. The van der Waals surface area contributed by atoms with E-state index in [9.17, 15) is 8.42 Å². The number of ether oxygens (including phenoxy) is 1. The van der Waals surface area contributed by atoms with Gasteiger partial charge in [0.25, 0.3) is 0 Å². The quantitative estimate of drug-likeness (QED) is 0.778. The monoisotopic (exact) mass is 331 g/mol. The third kappa shape index (κ3) is 3.90. The molecule has 118 valence electrons. The van der Waals surface area contributed by atoms with E-state index in [2.05, 4.69) is 4.90 Å². The Bertz CT molecular complexity index is 576. The number of nitrogens with zero attached hydrogens (tertiary/aromatic N) is 1. The van der Waals surface area contributed by atoms with Gasteiger partial charge in [0.1, 0.15) is 0 Å². The summed E-state index contributed by atoms with van der Waals surface area (Å²) in [7, 11) is -3.25. The van der Waals surface area contributed by atoms with Gasteiger partial charge < -0.3 is 9.64 Å². The van der Waals surface area contributed by atoms with Crippen molar-refractivity contribution in [2.75, 3.05) is 29.6 Å². The lowest BCUT2D eigenvalue weighted by atomic mass is 10.2. The van der Waals surface area contributed by atoms with E-state index in [-0.39, 0.29) is 18.0 Å². The van der Waals surface area contributed by atoms with Crippen molar-refractivity contribution in [3.8, 4) is 0 Å². The number of sulfone groups is 1. The van der Waals surface area contributed by atoms with Crippen LogP contribution < -0.4 is 4.90 Å². The van der Waals surface area contributed by atoms with E-state index >= 15 is 0 Å². The van der Waals surface area contributed by atoms with Crippen LogP contribution in [0.15, 0.2) is 29.2 Å². The highest BCUT2D eigenvalue weighted by Gasteiger charge is 2.28. The third-order valence-electron chi connectivity index (χ3n) is 3.51. The molecule has 0 aliphatic carbocycles. The second-order valence-electron chi connectivity index (χ2n) is 5.41. The third-order valence-corrected chi connectivity index (χ3v) is 5.82. The first-order chi connectivity index (χ1) is 9.97. The van der Waals surface area contributed by atoms with E-state index in [0.717, 1.165) is 5.69 Å². The molecule has 2 unspecified atom stereocenters. The van der Waals surface area contributed by atoms with Crippen LogP contribution in [-0.4, -0.2) is 45.3 Å². The van der Waals surface area contributed by atoms with Crippen molar-refractivity contribution >= 4 is 27.1 Å². The highest BCUT2D eigenvalue weighted by atomic mass is 35.5. The molecule has 0 aromatic heterocycles. The van der Waals surface area contributed by atoms with Crippen molar-refractivity contribution in [2.24, 2.45) is 0 Å². The first kappa shape index (κ1) is 16.6. The van der Waals surface area contributed by atoms with Gasteiger partial charge in [-0.3, -0.25) is 0 Å². The molecule has 0 bridgehead atoms. The molecule has 1 aliphatic rings. The van der Waals surface area contributed by atoms with E-state index in [4.69, 9.17) is 16.3 Å². The number of morpholine rings is 1. The van der Waals surface area contributed by atoms with Crippen LogP contribution in [0.1, 0.15) is 20.3 Å². The first-order valence-electron chi connectivity index (χ1n) is 7.26. The number of benzene rings is 1. The summed E-state index contributed by atoms with van der Waals surface area (Å²) in [5, 5.41) is 0. The van der Waals surface area contributed by atoms with Gasteiger partial charge in [-0.2, -0.15) is 0 Å². The molecule has 1 saturated heterocycles. The van der Waals surface area contributed by atoms with Gasteiger partial charge in [-0.1, -0.05) is 19.1 Å². The molecule has 0 amide bonds. The fourth-order valence-electron chi connectivity index (χ4n) is 2.69. The molecule has 0 saturated carbocycles. The lowest BCUT2D eigenvalue weighted by molar-refractivity contribution is -0.00348. The second-order valence-corrected chi connectivity index (χ2v) is 7.80. The number of rotatable bonds is 5. The van der Waals surface area contributed by atoms with Crippen molar-refractivity contribution in [1.29, 1.82) is 0 Å². The molecule has 0 N–H and O–H groups in total. The molecule has 2 atom stereocenters. The van der Waals surface area contributed by atoms with Crippen LogP contribution in [0.25, 0.3) is 0 Å². The van der Waals surface area contributed by atoms with Crippen LogP contribution in [0, 0.1) is 0 Å². The number of alkyl halides is 1. The molecule has 4 nitrogen and oxygen atoms in total. The van der Waals surface area contributed by atoms with E-state index in [1.54, 1.807) is 12.1 Å². The van der Waals surface area contributed by atoms with Crippen molar-refractivity contribution in [1.82, 2.24) is 0 Å². The summed E-state index contributed by atoms with van der Waals surface area (Å²) >= 11 is 5.91. The second kappa shape index (κ2) is 6.99. The van der Waals surface area contributed by atoms with Crippen molar-refractivity contribution < 1.29 is 13.2 Å². The number of hydrogen-bond donors (Lipinski definition) is 0. The van der Waals surface area contributed by atoms with Crippen molar-refractivity contribution in [2.45, 2.75) is 37.4 Å². The predicted octanol–water partition coefficient (Wildman–Crippen LogP) is 2.70. The summed E-state index contributed by atoms with van der Waals surface area (Å²) in [4.78, 5) is 2.48. The maximum absolute atomic E-state index is 12.4. The smallest absolute Gasteiger partial charge is 0.180 e. The number of anilines is 1. The van der Waals surface area contributed by atoms with Gasteiger partial charge in [0.05, 0.1) is 34.4 Å². The Balaban J connectivity index is 2.36. The van der Waals surface area contributed by atoms with Gasteiger partial charge in [0.2, 0.25) is 0 Å². The van der Waals surface area contributed by atoms with Gasteiger partial charge in [-0.05, 0) is 25.5 Å². The fourth-order valence-corrected chi connectivity index (χ4v) is 4.42. The molecule has 21 heavy (non-hydrogen) atoms. The van der Waals surface area contributed by atoms with E-state index in [1.807, 2.05) is 26.0 Å². The Morgan fingerprint density at radius 3 is 2.71 bits per heavy atom. The Morgan fingerprint density at radius 1 is 1.33 bits per heavy atom. The zero-order valence-corrected chi connectivity index (χ0v) is 14.0. The summed E-state index contributed by atoms with van der Waals surface area (Å²) < 4.78 is 30.6. The normalized spacial score (nSPS) is 23.3. The van der Waals surface area contributed by atoms with Gasteiger partial charge in [0, 0.05) is 13.1 Å². The fraction of sp³-hybridized carbons (Fsp3) is 0.600. The Labute approximate surface area is 132 Å². The SMILES string of the molecule is CCCS(=O)(=O)c1ccccc1N1CC(C)OC(CCl)C1. The molecule has 1 fully saturated rings. The predicted molar refractivity (Wildman–Crippen MR) is 86.1 cm³/mol. The topological polar surface area (TPSA) is 46.6 Å². The van der Waals surface area contributed by atoms with Crippen LogP contribution in [0.3, 0.4) is 0 Å². The lowest BCUT2D eigenvalue weighted by Gasteiger charge is -2.38. The summed E-state index contributed by atoms with van der Waals surface area (Å²) in [5.41, 5.74) is 0.760. The first-order valence-corrected chi connectivity index (χ1v) is 9.44. The summed E-state index contributed by atoms with van der Waals surface area (Å²) in [6.07, 6.45) is 0.572. The van der Waals surface area contributed by atoms with Crippen LogP contribution in [0.5, 0.6) is 0 Å². The van der Waals surface area contributed by atoms with E-state index < -0.39 is 9.84 Å². The molecule has 0 spiro atoms. The Hall–Kier alpha value is -0.780. The zero-order valence-electron chi connectivity index (χ0n) is 12.5. The number of para-hydroxylation sites is 1. The molecular weight excluding hydrogens is 310 g/mol. The van der Waals surface area contributed by atoms with Crippen LogP contribution in [0.2, 0.25) is 0 Å². The molecule has 1 aromatic carbocycles. The highest BCUT2D eigenvalue weighted by molar-refractivity contribution is 7.91. The van der Waals surface area contributed by atoms with Crippen LogP contribution in [0.4, 0.5) is 5.69 Å². The molecule has 1 heterocycles. The Morgan fingerprint density at radius 2 is 2.05 bits per heavy atom. The molecule has 1 aromatic rings. The zero-order chi connectivity index (χ0) is 15.5. The molecule has 6 heteroatoms. The van der Waals surface area contributed by atoms with Gasteiger partial charge in [-0.25, -0.2) is 8.42 Å². The minimum absolute atomic E-state index is 0.0319. The average molecular weight is 332 g/mol. The number of hydrogen-bond acceptors (Lipinski definition) is 4. The van der Waals surface area contributed by atoms with Crippen LogP contribution in [-0.2, 0) is 14.6 Å². The standard InChI is InChI=1S/C15H22ClNO3S/c1-3-8-21(18,19)15-7-5-4-6-14(15)17-10-12(2)20-13(9-16)11-17/h4-7,12-13H,3,8-11H2,1-2H3. The molecule has 1 aliphatic heterocycles. The van der Waals surface area contributed by atoms with Crippen molar-refractivity contribution in [3.63, 3.8) is 0 Å².